The van der Waals surface area contributed by atoms with Crippen LogP contribution in [0.15, 0.2) is 11.6 Å². The summed E-state index contributed by atoms with van der Waals surface area (Å²) in [5.41, 5.74) is 1.33. The Morgan fingerprint density at radius 1 is 1.38 bits per heavy atom. The third-order valence-electron chi connectivity index (χ3n) is 4.83. The van der Waals surface area contributed by atoms with Gasteiger partial charge < -0.3 is 0 Å². The van der Waals surface area contributed by atoms with Gasteiger partial charge >= 0.3 is 0 Å². The molecule has 16 heavy (non-hydrogen) atoms. The minimum Gasteiger partial charge on any atom is -0.298 e. The van der Waals surface area contributed by atoms with Crippen LogP contribution in [0.1, 0.15) is 53.4 Å². The van der Waals surface area contributed by atoms with Crippen molar-refractivity contribution in [3.63, 3.8) is 0 Å². The summed E-state index contributed by atoms with van der Waals surface area (Å²) in [5.74, 6) is 1.90. The van der Waals surface area contributed by atoms with Gasteiger partial charge in [0.1, 0.15) is 5.78 Å². The number of carbonyl (C=O) groups is 1. The predicted octanol–water partition coefficient (Wildman–Crippen LogP) is 3.98. The molecule has 0 radical (unpaired) electrons. The monoisotopic (exact) mass is 220 g/mol. The van der Waals surface area contributed by atoms with Crippen molar-refractivity contribution >= 4 is 5.78 Å². The van der Waals surface area contributed by atoms with Crippen LogP contribution in [0.25, 0.3) is 0 Å². The van der Waals surface area contributed by atoms with Gasteiger partial charge in [0, 0.05) is 5.92 Å². The Hall–Kier alpha value is -0.590. The van der Waals surface area contributed by atoms with Crippen molar-refractivity contribution in [3.8, 4) is 0 Å². The third kappa shape index (κ3) is 1.65. The van der Waals surface area contributed by atoms with E-state index in [-0.39, 0.29) is 5.41 Å². The molecule has 0 N–H and O–H groups in total. The summed E-state index contributed by atoms with van der Waals surface area (Å²) in [6.07, 6.45) is 6.82. The van der Waals surface area contributed by atoms with Gasteiger partial charge in [-0.05, 0) is 44.4 Å². The van der Waals surface area contributed by atoms with Gasteiger partial charge in [-0.3, -0.25) is 4.79 Å². The van der Waals surface area contributed by atoms with E-state index in [0.29, 0.717) is 23.5 Å². The van der Waals surface area contributed by atoms with Crippen LogP contribution in [0, 0.1) is 23.2 Å². The summed E-state index contributed by atoms with van der Waals surface area (Å²) in [6, 6.07) is 0. The first kappa shape index (κ1) is 11.9. The molecule has 1 heteroatoms. The first-order valence-electron chi connectivity index (χ1n) is 6.70. The third-order valence-corrected chi connectivity index (χ3v) is 4.83. The molecule has 1 spiro atoms. The van der Waals surface area contributed by atoms with Crippen molar-refractivity contribution in [3.05, 3.63) is 11.6 Å². The van der Waals surface area contributed by atoms with Gasteiger partial charge in [-0.15, -0.1) is 0 Å². The Kier molecular flexibility index (Phi) is 2.98. The zero-order chi connectivity index (χ0) is 11.9. The molecular formula is C15H24O. The molecule has 1 saturated carbocycles. The Morgan fingerprint density at radius 2 is 2.06 bits per heavy atom. The van der Waals surface area contributed by atoms with E-state index in [0.717, 1.165) is 19.3 Å². The molecule has 2 aliphatic rings. The van der Waals surface area contributed by atoms with Crippen molar-refractivity contribution in [1.82, 2.24) is 0 Å². The predicted molar refractivity (Wildman–Crippen MR) is 67.2 cm³/mol. The van der Waals surface area contributed by atoms with Crippen molar-refractivity contribution in [2.24, 2.45) is 23.2 Å². The molecule has 1 nitrogen and oxygen atoms in total. The summed E-state index contributed by atoms with van der Waals surface area (Å²) in [7, 11) is 0. The standard InChI is InChI=1S/C15H24O/c1-10(2)13-6-5-12(4)15(14(13)16)8-7-11(3)9-15/h9-10,12-13H,5-8H2,1-4H3/t12-,13-,15-/m1/s1. The normalized spacial score (nSPS) is 39.6. The van der Waals surface area contributed by atoms with Crippen LogP contribution >= 0.6 is 0 Å². The van der Waals surface area contributed by atoms with Crippen LogP contribution in [0.2, 0.25) is 0 Å². The fourth-order valence-electron chi connectivity index (χ4n) is 3.61. The molecule has 0 amide bonds. The van der Waals surface area contributed by atoms with E-state index in [1.54, 1.807) is 0 Å². The van der Waals surface area contributed by atoms with E-state index < -0.39 is 0 Å². The topological polar surface area (TPSA) is 17.1 Å². The first-order valence-corrected chi connectivity index (χ1v) is 6.70. The zero-order valence-corrected chi connectivity index (χ0v) is 11.0. The maximum absolute atomic E-state index is 12.7. The molecule has 2 rings (SSSR count). The summed E-state index contributed by atoms with van der Waals surface area (Å²) >= 11 is 0. The lowest BCUT2D eigenvalue weighted by Crippen LogP contribution is -2.44. The van der Waals surface area contributed by atoms with Crippen molar-refractivity contribution in [2.45, 2.75) is 53.4 Å². The largest absolute Gasteiger partial charge is 0.298 e. The second kappa shape index (κ2) is 4.01. The lowest BCUT2D eigenvalue weighted by atomic mass is 9.60. The molecule has 3 atom stereocenters. The molecule has 0 heterocycles. The van der Waals surface area contributed by atoms with Crippen LogP contribution in [-0.4, -0.2) is 5.78 Å². The number of hydrogen-bond acceptors (Lipinski definition) is 1. The van der Waals surface area contributed by atoms with E-state index in [4.69, 9.17) is 0 Å². The summed E-state index contributed by atoms with van der Waals surface area (Å²) in [4.78, 5) is 12.7. The quantitative estimate of drug-likeness (QED) is 0.611. The van der Waals surface area contributed by atoms with Gasteiger partial charge in [0.05, 0.1) is 5.41 Å². The van der Waals surface area contributed by atoms with E-state index in [1.165, 1.54) is 12.0 Å². The maximum atomic E-state index is 12.7. The molecule has 90 valence electrons. The van der Waals surface area contributed by atoms with Gasteiger partial charge in [0.15, 0.2) is 0 Å². The Balaban J connectivity index is 2.32. The Labute approximate surface area is 99.3 Å². The van der Waals surface area contributed by atoms with E-state index in [9.17, 15) is 4.79 Å². The maximum Gasteiger partial charge on any atom is 0.146 e. The second-order valence-electron chi connectivity index (χ2n) is 6.22. The smallest absolute Gasteiger partial charge is 0.146 e. The minimum atomic E-state index is -0.0860. The number of ketones is 1. The second-order valence-corrected chi connectivity index (χ2v) is 6.22. The van der Waals surface area contributed by atoms with Gasteiger partial charge in [-0.25, -0.2) is 0 Å². The molecule has 1 fully saturated rings. The molecule has 0 aromatic rings. The highest BCUT2D eigenvalue weighted by molar-refractivity contribution is 5.90. The van der Waals surface area contributed by atoms with E-state index in [2.05, 4.69) is 33.8 Å². The number of carbonyl (C=O) groups excluding carboxylic acids is 1. The van der Waals surface area contributed by atoms with Crippen molar-refractivity contribution < 1.29 is 4.79 Å². The molecule has 0 bridgehead atoms. The molecule has 0 aromatic carbocycles. The van der Waals surface area contributed by atoms with Crippen molar-refractivity contribution in [2.75, 3.05) is 0 Å². The SMILES string of the molecule is CC1=C[C@@]2(CC1)C(=O)[C@@H](C(C)C)CC[C@H]2C. The van der Waals surface area contributed by atoms with Crippen LogP contribution in [-0.2, 0) is 4.79 Å². The van der Waals surface area contributed by atoms with E-state index in [1.807, 2.05) is 0 Å². The van der Waals surface area contributed by atoms with Gasteiger partial charge in [-0.2, -0.15) is 0 Å². The average Bonchev–Trinajstić information content (AvgIpc) is 2.59. The zero-order valence-electron chi connectivity index (χ0n) is 11.0. The fourth-order valence-corrected chi connectivity index (χ4v) is 3.61. The van der Waals surface area contributed by atoms with Crippen molar-refractivity contribution in [1.29, 1.82) is 0 Å². The molecular weight excluding hydrogens is 196 g/mol. The first-order chi connectivity index (χ1) is 7.47. The summed E-state index contributed by atoms with van der Waals surface area (Å²) in [6.45, 7) is 8.83. The van der Waals surface area contributed by atoms with Crippen LogP contribution in [0.3, 0.4) is 0 Å². The van der Waals surface area contributed by atoms with Gasteiger partial charge in [0.2, 0.25) is 0 Å². The highest BCUT2D eigenvalue weighted by Gasteiger charge is 2.49. The summed E-state index contributed by atoms with van der Waals surface area (Å²) in [5, 5.41) is 0. The Bertz CT molecular complexity index is 326. The molecule has 0 aromatic heterocycles. The lowest BCUT2D eigenvalue weighted by Gasteiger charge is -2.42. The highest BCUT2D eigenvalue weighted by Crippen LogP contribution is 2.51. The number of rotatable bonds is 1. The minimum absolute atomic E-state index is 0.0860. The number of allylic oxidation sites excluding steroid dienone is 2. The molecule has 0 unspecified atom stereocenters. The van der Waals surface area contributed by atoms with Gasteiger partial charge in [0.25, 0.3) is 0 Å². The fraction of sp³-hybridized carbons (Fsp3) is 0.800. The van der Waals surface area contributed by atoms with Crippen LogP contribution in [0.5, 0.6) is 0 Å². The molecule has 0 saturated heterocycles. The molecule has 0 aliphatic heterocycles. The number of hydrogen-bond donors (Lipinski definition) is 0. The number of Topliss-reactive ketones (excluding diaryl/α,β-unsaturated/α-hetero) is 1. The van der Waals surface area contributed by atoms with E-state index >= 15 is 0 Å². The lowest BCUT2D eigenvalue weighted by molar-refractivity contribution is -0.138. The van der Waals surface area contributed by atoms with Crippen LogP contribution < -0.4 is 0 Å². The Morgan fingerprint density at radius 3 is 2.56 bits per heavy atom. The van der Waals surface area contributed by atoms with Gasteiger partial charge in [-0.1, -0.05) is 32.4 Å². The molecule has 2 aliphatic carbocycles. The highest BCUT2D eigenvalue weighted by atomic mass is 16.1. The van der Waals surface area contributed by atoms with Crippen LogP contribution in [0.4, 0.5) is 0 Å². The summed E-state index contributed by atoms with van der Waals surface area (Å²) < 4.78 is 0. The average molecular weight is 220 g/mol.